The lowest BCUT2D eigenvalue weighted by atomic mass is 9.67. The number of anilines is 1. The van der Waals surface area contributed by atoms with Gasteiger partial charge in [0.05, 0.1) is 23.5 Å². The van der Waals surface area contributed by atoms with Crippen molar-refractivity contribution in [1.29, 1.82) is 0 Å². The van der Waals surface area contributed by atoms with Gasteiger partial charge in [0.15, 0.2) is 0 Å². The van der Waals surface area contributed by atoms with Crippen molar-refractivity contribution >= 4 is 11.8 Å². The number of amides is 1. The molecule has 1 fully saturated rings. The Bertz CT molecular complexity index is 504. The summed E-state index contributed by atoms with van der Waals surface area (Å²) in [4.78, 5) is 14.9. The second-order valence-corrected chi connectivity index (χ2v) is 5.80. The molecular weight excluding hydrogens is 258 g/mol. The van der Waals surface area contributed by atoms with Crippen molar-refractivity contribution in [2.45, 2.75) is 44.2 Å². The average molecular weight is 279 g/mol. The van der Waals surface area contributed by atoms with Crippen LogP contribution in [0.15, 0.2) is 18.5 Å². The Morgan fingerprint density at radius 3 is 2.85 bits per heavy atom. The lowest BCUT2D eigenvalue weighted by Crippen LogP contribution is -2.57. The maximum absolute atomic E-state index is 10.9. The normalized spacial score (nSPS) is 33.6. The van der Waals surface area contributed by atoms with Crippen LogP contribution < -0.4 is 11.1 Å². The van der Waals surface area contributed by atoms with E-state index in [0.717, 1.165) is 12.0 Å². The number of rotatable bonds is 2. The van der Waals surface area contributed by atoms with Crippen molar-refractivity contribution in [3.63, 3.8) is 0 Å². The molecule has 4 atom stereocenters. The predicted octanol–water partition coefficient (Wildman–Crippen LogP) is 1.56. The summed E-state index contributed by atoms with van der Waals surface area (Å²) in [6, 6.07) is 1.35. The molecule has 6 heteroatoms. The Hall–Kier alpha value is -1.82. The van der Waals surface area contributed by atoms with Crippen LogP contribution in [-0.2, 0) is 0 Å². The number of carboxylic acid groups (broad SMARTS) is 1. The van der Waals surface area contributed by atoms with Gasteiger partial charge in [-0.05, 0) is 43.2 Å². The largest absolute Gasteiger partial charge is 0.465 e. The van der Waals surface area contributed by atoms with E-state index in [-0.39, 0.29) is 11.8 Å². The molecule has 0 spiro atoms. The molecule has 1 saturated carbocycles. The highest BCUT2D eigenvalue weighted by Crippen LogP contribution is 2.42. The summed E-state index contributed by atoms with van der Waals surface area (Å²) < 4.78 is 0. The number of nitrogen functional groups attached to an aromatic ring is 1. The number of nitrogens with one attached hydrogen (secondary N) is 1. The Balaban J connectivity index is 2.26. The quantitative estimate of drug-likeness (QED) is 0.657. The van der Waals surface area contributed by atoms with E-state index in [2.05, 4.69) is 10.3 Å². The number of hydrogen-bond acceptors (Lipinski definition) is 4. The molecule has 0 bridgehead atoms. The lowest BCUT2D eigenvalue weighted by molar-refractivity contribution is -0.0558. The molecule has 0 aliphatic heterocycles. The van der Waals surface area contributed by atoms with Crippen LogP contribution in [-0.4, -0.2) is 32.9 Å². The summed E-state index contributed by atoms with van der Waals surface area (Å²) in [6.07, 6.45) is 3.46. The first kappa shape index (κ1) is 14.6. The SMILES string of the molecule is C[C@H]1C[C@H](c2ccncc2N)C[C@@H](NC(=O)O)[C@@]1(C)O. The minimum atomic E-state index is -1.12. The van der Waals surface area contributed by atoms with Crippen LogP contribution in [0.1, 0.15) is 38.2 Å². The van der Waals surface area contributed by atoms with Gasteiger partial charge < -0.3 is 21.3 Å². The van der Waals surface area contributed by atoms with E-state index >= 15 is 0 Å². The van der Waals surface area contributed by atoms with Crippen LogP contribution in [0.4, 0.5) is 10.5 Å². The first-order chi connectivity index (χ1) is 9.32. The number of aromatic nitrogens is 1. The van der Waals surface area contributed by atoms with Crippen molar-refractivity contribution in [3.05, 3.63) is 24.0 Å². The van der Waals surface area contributed by atoms with E-state index < -0.39 is 17.7 Å². The molecule has 1 aliphatic rings. The highest BCUT2D eigenvalue weighted by molar-refractivity contribution is 5.65. The van der Waals surface area contributed by atoms with Gasteiger partial charge in [-0.15, -0.1) is 0 Å². The molecule has 6 nitrogen and oxygen atoms in total. The molecular formula is C14H21N3O3. The van der Waals surface area contributed by atoms with Gasteiger partial charge in [0.25, 0.3) is 0 Å². The van der Waals surface area contributed by atoms with E-state index in [9.17, 15) is 9.90 Å². The number of pyridine rings is 1. The first-order valence-corrected chi connectivity index (χ1v) is 6.73. The summed E-state index contributed by atoms with van der Waals surface area (Å²) in [6.45, 7) is 3.62. The fourth-order valence-electron chi connectivity index (χ4n) is 3.03. The molecule has 0 aromatic carbocycles. The summed E-state index contributed by atoms with van der Waals surface area (Å²) in [5.41, 5.74) is 6.47. The zero-order valence-corrected chi connectivity index (χ0v) is 11.7. The van der Waals surface area contributed by atoms with E-state index in [1.54, 1.807) is 19.3 Å². The fraction of sp³-hybridized carbons (Fsp3) is 0.571. The standard InChI is InChI=1S/C14H21N3O3/c1-8-5-9(10-3-4-16-7-11(10)15)6-12(14(8,2)20)17-13(18)19/h3-4,7-9,12,17,20H,5-6,15H2,1-2H3,(H,18,19)/t8-,9-,12+,14-/m0/s1. The van der Waals surface area contributed by atoms with Crippen LogP contribution in [0.25, 0.3) is 0 Å². The molecule has 0 radical (unpaired) electrons. The highest BCUT2D eigenvalue weighted by atomic mass is 16.4. The van der Waals surface area contributed by atoms with Crippen molar-refractivity contribution in [2.75, 3.05) is 5.73 Å². The summed E-state index contributed by atoms with van der Waals surface area (Å²) in [7, 11) is 0. The predicted molar refractivity (Wildman–Crippen MR) is 75.4 cm³/mol. The van der Waals surface area contributed by atoms with E-state index in [4.69, 9.17) is 10.8 Å². The molecule has 20 heavy (non-hydrogen) atoms. The molecule has 2 rings (SSSR count). The first-order valence-electron chi connectivity index (χ1n) is 6.73. The third kappa shape index (κ3) is 2.70. The van der Waals surface area contributed by atoms with Gasteiger partial charge in [0.1, 0.15) is 0 Å². The van der Waals surface area contributed by atoms with Crippen molar-refractivity contribution in [2.24, 2.45) is 5.92 Å². The number of aliphatic hydroxyl groups is 1. The molecule has 1 aromatic heterocycles. The van der Waals surface area contributed by atoms with Crippen LogP contribution in [0.5, 0.6) is 0 Å². The van der Waals surface area contributed by atoms with Crippen LogP contribution >= 0.6 is 0 Å². The van der Waals surface area contributed by atoms with Gasteiger partial charge in [-0.1, -0.05) is 6.92 Å². The zero-order chi connectivity index (χ0) is 14.9. The van der Waals surface area contributed by atoms with E-state index in [1.807, 2.05) is 13.0 Å². The molecule has 1 amide bonds. The van der Waals surface area contributed by atoms with Gasteiger partial charge in [-0.2, -0.15) is 0 Å². The topological polar surface area (TPSA) is 108 Å². The minimum absolute atomic E-state index is 0.0364. The minimum Gasteiger partial charge on any atom is -0.465 e. The van der Waals surface area contributed by atoms with Crippen LogP contribution in [0.2, 0.25) is 0 Å². The molecule has 110 valence electrons. The molecule has 5 N–H and O–H groups in total. The molecule has 1 aromatic rings. The van der Waals surface area contributed by atoms with Gasteiger partial charge in [-0.3, -0.25) is 4.98 Å². The Morgan fingerprint density at radius 1 is 1.55 bits per heavy atom. The summed E-state index contributed by atoms with van der Waals surface area (Å²) in [5.74, 6) is 0.0794. The van der Waals surface area contributed by atoms with Gasteiger partial charge in [-0.25, -0.2) is 4.79 Å². The average Bonchev–Trinajstić information content (AvgIpc) is 2.35. The van der Waals surface area contributed by atoms with Crippen molar-refractivity contribution < 1.29 is 15.0 Å². The Kier molecular flexibility index (Phi) is 3.85. The Morgan fingerprint density at radius 2 is 2.25 bits per heavy atom. The number of carbonyl (C=O) groups is 1. The monoisotopic (exact) mass is 279 g/mol. The van der Waals surface area contributed by atoms with Crippen LogP contribution in [0.3, 0.4) is 0 Å². The maximum Gasteiger partial charge on any atom is 0.404 e. The third-order valence-corrected chi connectivity index (χ3v) is 4.49. The molecule has 0 saturated heterocycles. The van der Waals surface area contributed by atoms with Gasteiger partial charge >= 0.3 is 6.09 Å². The molecule has 1 aliphatic carbocycles. The van der Waals surface area contributed by atoms with Crippen LogP contribution in [0, 0.1) is 5.92 Å². The van der Waals surface area contributed by atoms with Crippen molar-refractivity contribution in [1.82, 2.24) is 10.3 Å². The second-order valence-electron chi connectivity index (χ2n) is 5.80. The summed E-state index contributed by atoms with van der Waals surface area (Å²) >= 11 is 0. The highest BCUT2D eigenvalue weighted by Gasteiger charge is 2.45. The molecule has 0 unspecified atom stereocenters. The maximum atomic E-state index is 10.9. The molecule has 1 heterocycles. The number of hydrogen-bond donors (Lipinski definition) is 4. The summed E-state index contributed by atoms with van der Waals surface area (Å²) in [5, 5.41) is 21.9. The zero-order valence-electron chi connectivity index (χ0n) is 11.7. The smallest absolute Gasteiger partial charge is 0.404 e. The van der Waals surface area contributed by atoms with Gasteiger partial charge in [0, 0.05) is 6.20 Å². The van der Waals surface area contributed by atoms with Crippen molar-refractivity contribution in [3.8, 4) is 0 Å². The van der Waals surface area contributed by atoms with E-state index in [1.165, 1.54) is 0 Å². The Labute approximate surface area is 118 Å². The number of nitrogens with zero attached hydrogens (tertiary/aromatic N) is 1. The third-order valence-electron chi connectivity index (χ3n) is 4.49. The number of nitrogens with two attached hydrogens (primary N) is 1. The lowest BCUT2D eigenvalue weighted by Gasteiger charge is -2.45. The fourth-order valence-corrected chi connectivity index (χ4v) is 3.03. The second kappa shape index (κ2) is 5.28. The van der Waals surface area contributed by atoms with Gasteiger partial charge in [0.2, 0.25) is 0 Å². The van der Waals surface area contributed by atoms with E-state index in [0.29, 0.717) is 12.1 Å².